The maximum absolute atomic E-state index is 13.3. The van der Waals surface area contributed by atoms with Crippen LogP contribution in [0.4, 0.5) is 19.3 Å². The predicted octanol–water partition coefficient (Wildman–Crippen LogP) is 3.11. The van der Waals surface area contributed by atoms with Crippen molar-refractivity contribution in [1.29, 1.82) is 0 Å². The first-order valence-electron chi connectivity index (χ1n) is 8.94. The molecule has 0 saturated heterocycles. The molecule has 0 bridgehead atoms. The number of hydrogen-bond donors (Lipinski definition) is 3. The number of halogens is 2. The molecule has 2 heterocycles. The van der Waals surface area contributed by atoms with Crippen molar-refractivity contribution in [3.05, 3.63) is 40.2 Å². The summed E-state index contributed by atoms with van der Waals surface area (Å²) in [6.07, 6.45) is 6.23. The molecule has 0 spiro atoms. The van der Waals surface area contributed by atoms with Gasteiger partial charge in [-0.3, -0.25) is 9.82 Å². The van der Waals surface area contributed by atoms with Crippen LogP contribution in [0.3, 0.4) is 0 Å². The minimum atomic E-state index is -2.77. The number of nitrogens with zero attached hydrogens (tertiary/aromatic N) is 2. The fraction of sp³-hybridized carbons (Fsp3) is 0.444. The lowest BCUT2D eigenvalue weighted by Gasteiger charge is -2.31. The lowest BCUT2D eigenvalue weighted by atomic mass is 9.76. The summed E-state index contributed by atoms with van der Waals surface area (Å²) in [5.74, 6) is -2.77. The molecule has 2 aliphatic carbocycles. The number of hydrogen-bond acceptors (Lipinski definition) is 4. The Labute approximate surface area is 159 Å². The summed E-state index contributed by atoms with van der Waals surface area (Å²) in [5, 5.41) is 11.9. The molecule has 1 aromatic carbocycles. The molecule has 1 aliphatic heterocycles. The minimum absolute atomic E-state index is 0.0220. The van der Waals surface area contributed by atoms with Gasteiger partial charge >= 0.3 is 6.03 Å². The van der Waals surface area contributed by atoms with Gasteiger partial charge in [-0.05, 0) is 66.3 Å². The van der Waals surface area contributed by atoms with E-state index < -0.39 is 12.0 Å². The fourth-order valence-corrected chi connectivity index (χ4v) is 4.38. The van der Waals surface area contributed by atoms with Crippen molar-refractivity contribution in [2.24, 2.45) is 10.9 Å². The van der Waals surface area contributed by atoms with Gasteiger partial charge in [-0.25, -0.2) is 4.79 Å². The lowest BCUT2D eigenvalue weighted by Crippen LogP contribution is -2.27. The van der Waals surface area contributed by atoms with Gasteiger partial charge in [-0.15, -0.1) is 0 Å². The van der Waals surface area contributed by atoms with Crippen molar-refractivity contribution in [1.82, 2.24) is 9.78 Å². The number of benzene rings is 1. The molecular formula is C18H21F2N5OS. The second-order valence-electron chi connectivity index (χ2n) is 7.02. The third kappa shape index (κ3) is 3.19. The van der Waals surface area contributed by atoms with E-state index in [4.69, 9.17) is 10.9 Å². The zero-order chi connectivity index (χ0) is 19.2. The van der Waals surface area contributed by atoms with Crippen molar-refractivity contribution in [3.8, 4) is 0 Å². The van der Waals surface area contributed by atoms with Crippen molar-refractivity contribution in [2.75, 3.05) is 5.32 Å². The van der Waals surface area contributed by atoms with Crippen LogP contribution in [0.5, 0.6) is 0 Å². The van der Waals surface area contributed by atoms with Gasteiger partial charge in [0.1, 0.15) is 5.69 Å². The summed E-state index contributed by atoms with van der Waals surface area (Å²) in [5.41, 5.74) is 11.6. The molecule has 144 valence electrons. The van der Waals surface area contributed by atoms with E-state index >= 15 is 0 Å². The molecular weight excluding hydrogens is 372 g/mol. The van der Waals surface area contributed by atoms with Crippen molar-refractivity contribution in [3.63, 3.8) is 0 Å². The number of amides is 2. The van der Waals surface area contributed by atoms with Gasteiger partial charge in [0.05, 0.1) is 11.1 Å². The van der Waals surface area contributed by atoms with E-state index in [1.165, 1.54) is 33.1 Å². The Morgan fingerprint density at radius 2 is 1.89 bits per heavy atom. The molecule has 0 fully saturated rings. The van der Waals surface area contributed by atoms with Crippen LogP contribution in [0.15, 0.2) is 17.2 Å². The van der Waals surface area contributed by atoms with Crippen LogP contribution >= 0.6 is 11.9 Å². The number of rotatable bonds is 2. The number of anilines is 1. The van der Waals surface area contributed by atoms with E-state index in [2.05, 4.69) is 16.5 Å². The molecule has 9 heteroatoms. The summed E-state index contributed by atoms with van der Waals surface area (Å²) in [7, 11) is 0. The number of nitrogens with one attached hydrogen (secondary N) is 1. The summed E-state index contributed by atoms with van der Waals surface area (Å²) >= 11 is 0.829. The lowest BCUT2D eigenvalue weighted by molar-refractivity contribution is -0.0391. The molecule has 5 rings (SSSR count). The largest absolute Gasteiger partial charge is 0.351 e. The first-order valence-corrected chi connectivity index (χ1v) is 9.82. The molecule has 2 amide bonds. The van der Waals surface area contributed by atoms with E-state index in [0.717, 1.165) is 43.3 Å². The smallest absolute Gasteiger partial charge is 0.316 e. The summed E-state index contributed by atoms with van der Waals surface area (Å²) < 4.78 is 28.0. The Hall–Kier alpha value is -2.13. The maximum atomic E-state index is 13.3. The predicted molar refractivity (Wildman–Crippen MR) is 99.9 cm³/mol. The van der Waals surface area contributed by atoms with Gasteiger partial charge < -0.3 is 11.1 Å². The number of urea groups is 1. The van der Waals surface area contributed by atoms with Crippen LogP contribution in [0.1, 0.15) is 40.8 Å². The number of nitrogens with two attached hydrogens (primary N) is 2. The van der Waals surface area contributed by atoms with Gasteiger partial charge in [0.15, 0.2) is 0 Å². The second kappa shape index (κ2) is 6.79. The molecule has 0 atom stereocenters. The molecule has 0 saturated carbocycles. The zero-order valence-electron chi connectivity index (χ0n) is 14.7. The van der Waals surface area contributed by atoms with Gasteiger partial charge in [0.25, 0.3) is 5.92 Å². The van der Waals surface area contributed by atoms with Crippen LogP contribution in [-0.4, -0.2) is 15.8 Å². The number of alkyl halides is 2. The molecule has 5 N–H and O–H groups in total. The van der Waals surface area contributed by atoms with Crippen molar-refractivity contribution < 1.29 is 13.6 Å². The SMILES string of the molecule is NC(=O)Nc1c2c(cc3c1CC3)CC2.NSc1cnn2c1C(F)(F)CCC2. The Kier molecular flexibility index (Phi) is 4.59. The standard InChI is InChI=1S/C11H12N2O.C7H9F2N3S/c12-11(14)13-10-8-3-1-6(8)5-7-2-4-9(7)10;8-7(9)2-1-3-12-6(7)5(13-10)4-11-12/h5H,1-4H2,(H3,12,13,14);4H,1-3,10H2. The summed E-state index contributed by atoms with van der Waals surface area (Å²) in [6, 6.07) is 1.84. The highest BCUT2D eigenvalue weighted by Gasteiger charge is 2.40. The van der Waals surface area contributed by atoms with E-state index in [0.29, 0.717) is 17.9 Å². The highest BCUT2D eigenvalue weighted by Crippen LogP contribution is 2.41. The number of fused-ring (bicyclic) bond motifs is 3. The third-order valence-corrected chi connectivity index (χ3v) is 5.96. The van der Waals surface area contributed by atoms with Crippen LogP contribution in [0, 0.1) is 0 Å². The van der Waals surface area contributed by atoms with Crippen LogP contribution in [0.25, 0.3) is 0 Å². The topological polar surface area (TPSA) is 99.0 Å². The average molecular weight is 393 g/mol. The third-order valence-electron chi connectivity index (χ3n) is 5.40. The summed E-state index contributed by atoms with van der Waals surface area (Å²) in [6.45, 7) is 0.561. The fourth-order valence-electron chi connectivity index (χ4n) is 3.91. The number of carbonyl (C=O) groups is 1. The normalized spacial score (nSPS) is 17.9. The maximum Gasteiger partial charge on any atom is 0.316 e. The number of carbonyl (C=O) groups excluding carboxylic acids is 1. The van der Waals surface area contributed by atoms with E-state index in [1.807, 2.05) is 0 Å². The quantitative estimate of drug-likeness (QED) is 0.683. The minimum Gasteiger partial charge on any atom is -0.351 e. The number of primary amides is 1. The second-order valence-corrected chi connectivity index (χ2v) is 7.70. The Morgan fingerprint density at radius 3 is 2.41 bits per heavy atom. The molecule has 3 aliphatic rings. The van der Waals surface area contributed by atoms with Gasteiger partial charge in [0, 0.05) is 18.7 Å². The summed E-state index contributed by atoms with van der Waals surface area (Å²) in [4.78, 5) is 11.2. The molecule has 6 nitrogen and oxygen atoms in total. The van der Waals surface area contributed by atoms with Crippen LogP contribution in [-0.2, 0) is 38.2 Å². The van der Waals surface area contributed by atoms with E-state index in [-0.39, 0.29) is 12.1 Å². The Morgan fingerprint density at radius 1 is 1.22 bits per heavy atom. The van der Waals surface area contributed by atoms with E-state index in [1.54, 1.807) is 0 Å². The average Bonchev–Trinajstić information content (AvgIpc) is 2.96. The molecule has 0 unspecified atom stereocenters. The molecule has 1 aromatic heterocycles. The first kappa shape index (κ1) is 18.2. The number of aryl methyl sites for hydroxylation is 3. The molecule has 0 radical (unpaired) electrons. The Balaban J connectivity index is 0.000000134. The number of aromatic nitrogens is 2. The first-order chi connectivity index (χ1) is 12.9. The van der Waals surface area contributed by atoms with Crippen molar-refractivity contribution >= 4 is 23.7 Å². The monoisotopic (exact) mass is 393 g/mol. The highest BCUT2D eigenvalue weighted by molar-refractivity contribution is 7.97. The highest BCUT2D eigenvalue weighted by atomic mass is 32.2. The zero-order valence-corrected chi connectivity index (χ0v) is 15.5. The Bertz CT molecular complexity index is 868. The van der Waals surface area contributed by atoms with Gasteiger partial charge in [-0.1, -0.05) is 6.07 Å². The van der Waals surface area contributed by atoms with Crippen molar-refractivity contribution in [2.45, 2.75) is 55.9 Å². The van der Waals surface area contributed by atoms with Gasteiger partial charge in [-0.2, -0.15) is 13.9 Å². The van der Waals surface area contributed by atoms with Crippen LogP contribution in [0.2, 0.25) is 0 Å². The van der Waals surface area contributed by atoms with Crippen LogP contribution < -0.4 is 16.2 Å². The molecule has 27 heavy (non-hydrogen) atoms. The van der Waals surface area contributed by atoms with E-state index in [9.17, 15) is 13.6 Å². The van der Waals surface area contributed by atoms with Gasteiger partial charge in [0.2, 0.25) is 0 Å². The molecule has 2 aromatic rings.